The van der Waals surface area contributed by atoms with Crippen molar-refractivity contribution in [2.24, 2.45) is 5.92 Å². The Bertz CT molecular complexity index is 1110. The van der Waals surface area contributed by atoms with Crippen molar-refractivity contribution in [1.82, 2.24) is 14.5 Å². The molecule has 2 aromatic carbocycles. The van der Waals surface area contributed by atoms with Gasteiger partial charge in [0, 0.05) is 31.2 Å². The molecule has 0 aromatic heterocycles. The second-order valence-corrected chi connectivity index (χ2v) is 10.5. The lowest BCUT2D eigenvalue weighted by Gasteiger charge is -2.36. The number of hydrogen-bond donors (Lipinski definition) is 1. The molecule has 1 aliphatic rings. The second kappa shape index (κ2) is 10.5. The number of carbonyl (C=O) groups excluding carboxylic acids is 2. The van der Waals surface area contributed by atoms with E-state index in [1.807, 2.05) is 13.8 Å². The summed E-state index contributed by atoms with van der Waals surface area (Å²) in [7, 11) is -2.23. The maximum absolute atomic E-state index is 13.2. The minimum Gasteiger partial charge on any atom is -0.496 e. The highest BCUT2D eigenvalue weighted by Gasteiger charge is 2.34. The fourth-order valence-electron chi connectivity index (χ4n) is 3.69. The molecule has 1 heterocycles. The van der Waals surface area contributed by atoms with Gasteiger partial charge in [0.2, 0.25) is 15.9 Å². The second-order valence-electron chi connectivity index (χ2n) is 8.08. The van der Waals surface area contributed by atoms with E-state index in [0.717, 1.165) is 0 Å². The SMILES string of the molecule is COc1ccccc1C(=O)N[C@H](C(=O)N1CCN(S(=O)(=O)c2cccc(Cl)c2)CC1)C(C)C. The average Bonchev–Trinajstić information content (AvgIpc) is 2.81. The molecule has 0 saturated carbocycles. The van der Waals surface area contributed by atoms with E-state index in [2.05, 4.69) is 5.32 Å². The summed E-state index contributed by atoms with van der Waals surface area (Å²) in [6.45, 7) is 4.48. The van der Waals surface area contributed by atoms with Crippen molar-refractivity contribution < 1.29 is 22.7 Å². The van der Waals surface area contributed by atoms with Crippen LogP contribution in [-0.4, -0.2) is 68.8 Å². The molecule has 1 aliphatic heterocycles. The van der Waals surface area contributed by atoms with Gasteiger partial charge in [0.25, 0.3) is 5.91 Å². The molecular weight excluding hydrogens is 466 g/mol. The van der Waals surface area contributed by atoms with Gasteiger partial charge in [-0.15, -0.1) is 0 Å². The lowest BCUT2D eigenvalue weighted by Crippen LogP contribution is -2.57. The van der Waals surface area contributed by atoms with Crippen LogP contribution in [0.25, 0.3) is 0 Å². The zero-order valence-corrected chi connectivity index (χ0v) is 20.4. The molecule has 1 atom stereocenters. The molecule has 3 rings (SSSR count). The number of nitrogens with one attached hydrogen (secondary N) is 1. The average molecular weight is 494 g/mol. The van der Waals surface area contributed by atoms with Gasteiger partial charge in [-0.2, -0.15) is 4.31 Å². The lowest BCUT2D eigenvalue weighted by atomic mass is 10.0. The Hall–Kier alpha value is -2.62. The van der Waals surface area contributed by atoms with Crippen LogP contribution in [0, 0.1) is 5.92 Å². The molecule has 0 bridgehead atoms. The van der Waals surface area contributed by atoms with Gasteiger partial charge in [-0.05, 0) is 36.2 Å². The van der Waals surface area contributed by atoms with Crippen molar-refractivity contribution in [1.29, 1.82) is 0 Å². The van der Waals surface area contributed by atoms with Gasteiger partial charge in [-0.1, -0.05) is 43.6 Å². The first-order chi connectivity index (χ1) is 15.6. The topological polar surface area (TPSA) is 96.0 Å². The molecule has 2 amide bonds. The Morgan fingerprint density at radius 2 is 1.70 bits per heavy atom. The molecule has 1 fully saturated rings. The molecule has 1 N–H and O–H groups in total. The van der Waals surface area contributed by atoms with E-state index in [-0.39, 0.29) is 42.9 Å². The lowest BCUT2D eigenvalue weighted by molar-refractivity contribution is -0.135. The van der Waals surface area contributed by atoms with Gasteiger partial charge >= 0.3 is 0 Å². The molecule has 0 unspecified atom stereocenters. The number of rotatable bonds is 7. The van der Waals surface area contributed by atoms with Crippen LogP contribution < -0.4 is 10.1 Å². The number of amides is 2. The molecule has 8 nitrogen and oxygen atoms in total. The maximum Gasteiger partial charge on any atom is 0.255 e. The van der Waals surface area contributed by atoms with E-state index >= 15 is 0 Å². The molecule has 10 heteroatoms. The molecule has 0 aliphatic carbocycles. The number of sulfonamides is 1. The number of ether oxygens (including phenoxy) is 1. The third kappa shape index (κ3) is 5.66. The van der Waals surface area contributed by atoms with Gasteiger partial charge in [-0.3, -0.25) is 9.59 Å². The quantitative estimate of drug-likeness (QED) is 0.639. The van der Waals surface area contributed by atoms with E-state index in [1.54, 1.807) is 41.3 Å². The van der Waals surface area contributed by atoms with Gasteiger partial charge < -0.3 is 15.0 Å². The first-order valence-corrected chi connectivity index (χ1v) is 12.5. The molecule has 1 saturated heterocycles. The number of carbonyl (C=O) groups is 2. The predicted octanol–water partition coefficient (Wildman–Crippen LogP) is 2.64. The van der Waals surface area contributed by atoms with Crippen LogP contribution in [-0.2, 0) is 14.8 Å². The number of piperazine rings is 1. The summed E-state index contributed by atoms with van der Waals surface area (Å²) in [6.07, 6.45) is 0. The number of para-hydroxylation sites is 1. The minimum absolute atomic E-state index is 0.124. The Morgan fingerprint density at radius 1 is 1.03 bits per heavy atom. The first-order valence-electron chi connectivity index (χ1n) is 10.6. The fourth-order valence-corrected chi connectivity index (χ4v) is 5.41. The fraction of sp³-hybridized carbons (Fsp3) is 0.391. The molecule has 33 heavy (non-hydrogen) atoms. The number of halogens is 1. The van der Waals surface area contributed by atoms with E-state index < -0.39 is 22.0 Å². The Morgan fingerprint density at radius 3 is 2.30 bits per heavy atom. The van der Waals surface area contributed by atoms with E-state index in [0.29, 0.717) is 16.3 Å². The molecular formula is C23H28ClN3O5S. The summed E-state index contributed by atoms with van der Waals surface area (Å²) in [5.74, 6) is -0.385. The third-order valence-corrected chi connectivity index (χ3v) is 7.68. The summed E-state index contributed by atoms with van der Waals surface area (Å²) in [6, 6.07) is 12.2. The van der Waals surface area contributed by atoms with Crippen LogP contribution in [0.5, 0.6) is 5.75 Å². The first kappa shape index (κ1) is 25.0. The van der Waals surface area contributed by atoms with Gasteiger partial charge in [0.15, 0.2) is 0 Å². The van der Waals surface area contributed by atoms with Crippen molar-refractivity contribution in [2.75, 3.05) is 33.3 Å². The number of benzene rings is 2. The van der Waals surface area contributed by atoms with Crippen LogP contribution in [0.1, 0.15) is 24.2 Å². The number of nitrogens with zero attached hydrogens (tertiary/aromatic N) is 2. The smallest absolute Gasteiger partial charge is 0.255 e. The maximum atomic E-state index is 13.2. The summed E-state index contributed by atoms with van der Waals surface area (Å²) in [5, 5.41) is 3.16. The minimum atomic E-state index is -3.71. The van der Waals surface area contributed by atoms with Crippen LogP contribution in [0.15, 0.2) is 53.4 Å². The van der Waals surface area contributed by atoms with Gasteiger partial charge in [0.1, 0.15) is 11.8 Å². The van der Waals surface area contributed by atoms with Crippen LogP contribution in [0.3, 0.4) is 0 Å². The Kier molecular flexibility index (Phi) is 7.99. The van der Waals surface area contributed by atoms with E-state index in [4.69, 9.17) is 16.3 Å². The molecule has 0 radical (unpaired) electrons. The highest BCUT2D eigenvalue weighted by atomic mass is 35.5. The summed E-state index contributed by atoms with van der Waals surface area (Å²) >= 11 is 5.95. The van der Waals surface area contributed by atoms with Crippen LogP contribution >= 0.6 is 11.6 Å². The van der Waals surface area contributed by atoms with Crippen molar-refractivity contribution in [3.8, 4) is 5.75 Å². The highest BCUT2D eigenvalue weighted by Crippen LogP contribution is 2.22. The molecule has 178 valence electrons. The zero-order valence-electron chi connectivity index (χ0n) is 18.8. The largest absolute Gasteiger partial charge is 0.496 e. The third-order valence-electron chi connectivity index (χ3n) is 5.56. The van der Waals surface area contributed by atoms with Crippen molar-refractivity contribution >= 4 is 33.4 Å². The molecule has 2 aromatic rings. The normalized spacial score (nSPS) is 15.8. The van der Waals surface area contributed by atoms with Crippen molar-refractivity contribution in [3.63, 3.8) is 0 Å². The van der Waals surface area contributed by atoms with E-state index in [9.17, 15) is 18.0 Å². The zero-order chi connectivity index (χ0) is 24.2. The number of hydrogen-bond acceptors (Lipinski definition) is 5. The standard InChI is InChI=1S/C23H28ClN3O5S/c1-16(2)21(25-22(28)19-9-4-5-10-20(19)32-3)23(29)26-11-13-27(14-12-26)33(30,31)18-8-6-7-17(24)15-18/h4-10,15-16,21H,11-14H2,1-3H3,(H,25,28)/t21-/m0/s1. The number of methoxy groups -OCH3 is 1. The Balaban J connectivity index is 1.68. The Labute approximate surface area is 199 Å². The summed E-state index contributed by atoms with van der Waals surface area (Å²) < 4.78 is 32.4. The summed E-state index contributed by atoms with van der Waals surface area (Å²) in [4.78, 5) is 27.8. The van der Waals surface area contributed by atoms with Crippen LogP contribution in [0.2, 0.25) is 5.02 Å². The van der Waals surface area contributed by atoms with Crippen LogP contribution in [0.4, 0.5) is 0 Å². The molecule has 0 spiro atoms. The van der Waals surface area contributed by atoms with E-state index in [1.165, 1.54) is 23.5 Å². The van der Waals surface area contributed by atoms with Crippen molar-refractivity contribution in [3.05, 3.63) is 59.1 Å². The highest BCUT2D eigenvalue weighted by molar-refractivity contribution is 7.89. The van der Waals surface area contributed by atoms with Gasteiger partial charge in [-0.25, -0.2) is 8.42 Å². The predicted molar refractivity (Wildman–Crippen MR) is 126 cm³/mol. The van der Waals surface area contributed by atoms with Gasteiger partial charge in [0.05, 0.1) is 17.6 Å². The van der Waals surface area contributed by atoms with Crippen molar-refractivity contribution in [2.45, 2.75) is 24.8 Å². The monoisotopic (exact) mass is 493 g/mol. The summed E-state index contributed by atoms with van der Waals surface area (Å²) in [5.41, 5.74) is 0.343.